The first-order chi connectivity index (χ1) is 14.1. The average molecular weight is 430 g/mol. The van der Waals surface area contributed by atoms with Crippen molar-refractivity contribution < 1.29 is 4.52 Å². The highest BCUT2D eigenvalue weighted by Gasteiger charge is 2.40. The summed E-state index contributed by atoms with van der Waals surface area (Å²) < 4.78 is 5.60. The van der Waals surface area contributed by atoms with E-state index in [9.17, 15) is 0 Å². The lowest BCUT2D eigenvalue weighted by molar-refractivity contribution is 0.385. The van der Waals surface area contributed by atoms with Gasteiger partial charge in [0, 0.05) is 52.8 Å². The third-order valence-corrected chi connectivity index (χ3v) is 6.24. The standard InChI is InChI=1S/C21H21Cl2N5O/c1-13-7-18(4-5-24-13)28-6-2-3-14-11-27(12-19(14)28)21-25-20(26-29-21)15-8-16(22)10-17(23)9-15/h4-5,7-10,14,19H,2-3,6,11-12H2,1H3. The van der Waals surface area contributed by atoms with Gasteiger partial charge in [0.05, 0.1) is 6.04 Å². The third kappa shape index (κ3) is 3.67. The summed E-state index contributed by atoms with van der Waals surface area (Å²) in [5.74, 6) is 1.08. The van der Waals surface area contributed by atoms with E-state index >= 15 is 0 Å². The van der Waals surface area contributed by atoms with E-state index in [-0.39, 0.29) is 0 Å². The minimum absolute atomic E-state index is 0.432. The van der Waals surface area contributed by atoms with Crippen LogP contribution in [0.4, 0.5) is 11.7 Å². The maximum Gasteiger partial charge on any atom is 0.324 e. The van der Waals surface area contributed by atoms with Gasteiger partial charge in [0.15, 0.2) is 0 Å². The summed E-state index contributed by atoms with van der Waals surface area (Å²) in [6, 6.07) is 10.5. The molecule has 0 saturated carbocycles. The Morgan fingerprint density at radius 2 is 1.93 bits per heavy atom. The maximum atomic E-state index is 6.11. The highest BCUT2D eigenvalue weighted by molar-refractivity contribution is 6.35. The first kappa shape index (κ1) is 18.7. The molecule has 0 aliphatic carbocycles. The van der Waals surface area contributed by atoms with Crippen LogP contribution in [0.25, 0.3) is 11.4 Å². The van der Waals surface area contributed by atoms with Crippen LogP contribution in [0.2, 0.25) is 10.0 Å². The summed E-state index contributed by atoms with van der Waals surface area (Å²) in [4.78, 5) is 13.7. The van der Waals surface area contributed by atoms with Gasteiger partial charge in [-0.25, -0.2) is 0 Å². The number of hydrogen-bond acceptors (Lipinski definition) is 6. The van der Waals surface area contributed by atoms with Gasteiger partial charge in [0.25, 0.3) is 0 Å². The average Bonchev–Trinajstić information content (AvgIpc) is 3.34. The van der Waals surface area contributed by atoms with Crippen molar-refractivity contribution in [3.05, 3.63) is 52.3 Å². The Hall–Kier alpha value is -2.31. The van der Waals surface area contributed by atoms with Crippen molar-refractivity contribution in [2.24, 2.45) is 5.92 Å². The lowest BCUT2D eigenvalue weighted by Gasteiger charge is -2.38. The second kappa shape index (κ2) is 7.50. The number of aryl methyl sites for hydroxylation is 1. The number of rotatable bonds is 3. The Morgan fingerprint density at radius 3 is 2.72 bits per heavy atom. The summed E-state index contributed by atoms with van der Waals surface area (Å²) in [7, 11) is 0. The predicted molar refractivity (Wildman–Crippen MR) is 115 cm³/mol. The predicted octanol–water partition coefficient (Wildman–Crippen LogP) is 4.85. The molecule has 0 spiro atoms. The maximum absolute atomic E-state index is 6.11. The Kier molecular flexibility index (Phi) is 4.84. The van der Waals surface area contributed by atoms with Crippen molar-refractivity contribution in [3.8, 4) is 11.4 Å². The van der Waals surface area contributed by atoms with E-state index in [0.717, 1.165) is 30.9 Å². The number of aromatic nitrogens is 3. The van der Waals surface area contributed by atoms with Crippen LogP contribution in [-0.4, -0.2) is 40.8 Å². The zero-order valence-electron chi connectivity index (χ0n) is 16.1. The topological polar surface area (TPSA) is 58.3 Å². The van der Waals surface area contributed by atoms with Crippen molar-refractivity contribution in [3.63, 3.8) is 0 Å². The second-order valence-electron chi connectivity index (χ2n) is 7.78. The number of nitrogens with zero attached hydrogens (tertiary/aromatic N) is 5. The Bertz CT molecular complexity index is 1020. The highest BCUT2D eigenvalue weighted by atomic mass is 35.5. The van der Waals surface area contributed by atoms with E-state index in [1.807, 2.05) is 13.1 Å². The Morgan fingerprint density at radius 1 is 1.10 bits per heavy atom. The van der Waals surface area contributed by atoms with E-state index in [1.165, 1.54) is 18.5 Å². The van der Waals surface area contributed by atoms with Gasteiger partial charge in [-0.15, -0.1) is 0 Å². The van der Waals surface area contributed by atoms with Crippen LogP contribution >= 0.6 is 23.2 Å². The molecule has 0 amide bonds. The SMILES string of the molecule is Cc1cc(N2CCCC3CN(c4nc(-c5cc(Cl)cc(Cl)c5)no4)CC32)ccn1. The number of hydrogen-bond donors (Lipinski definition) is 0. The quantitative estimate of drug-likeness (QED) is 0.592. The third-order valence-electron chi connectivity index (χ3n) is 5.80. The number of fused-ring (bicyclic) bond motifs is 1. The molecule has 29 heavy (non-hydrogen) atoms. The van der Waals surface area contributed by atoms with E-state index in [4.69, 9.17) is 27.7 Å². The Balaban J connectivity index is 1.38. The van der Waals surface area contributed by atoms with Gasteiger partial charge in [0.1, 0.15) is 0 Å². The van der Waals surface area contributed by atoms with E-state index in [1.54, 1.807) is 18.2 Å². The van der Waals surface area contributed by atoms with Crippen molar-refractivity contribution in [1.29, 1.82) is 0 Å². The van der Waals surface area contributed by atoms with Crippen LogP contribution in [0.15, 0.2) is 41.1 Å². The molecule has 2 aliphatic rings. The van der Waals surface area contributed by atoms with Gasteiger partial charge >= 0.3 is 6.01 Å². The molecule has 150 valence electrons. The molecule has 0 radical (unpaired) electrons. The van der Waals surface area contributed by atoms with Gasteiger partial charge in [-0.3, -0.25) is 4.98 Å². The minimum Gasteiger partial charge on any atom is -0.366 e. The second-order valence-corrected chi connectivity index (χ2v) is 8.66. The molecule has 0 bridgehead atoms. The molecule has 6 nitrogen and oxygen atoms in total. The van der Waals surface area contributed by atoms with Gasteiger partial charge < -0.3 is 14.3 Å². The summed E-state index contributed by atoms with van der Waals surface area (Å²) in [5, 5.41) is 5.25. The van der Waals surface area contributed by atoms with Gasteiger partial charge in [-0.2, -0.15) is 4.98 Å². The number of piperidine rings is 1. The van der Waals surface area contributed by atoms with E-state index in [2.05, 4.69) is 37.1 Å². The van der Waals surface area contributed by atoms with Crippen LogP contribution in [-0.2, 0) is 0 Å². The fraction of sp³-hybridized carbons (Fsp3) is 0.381. The molecule has 2 aliphatic heterocycles. The summed E-state index contributed by atoms with van der Waals surface area (Å²) >= 11 is 12.2. The molecule has 2 unspecified atom stereocenters. The molecular weight excluding hydrogens is 409 g/mol. The van der Waals surface area contributed by atoms with E-state index < -0.39 is 0 Å². The molecule has 1 aromatic carbocycles. The molecule has 8 heteroatoms. The fourth-order valence-corrected chi connectivity index (χ4v) is 5.04. The summed E-state index contributed by atoms with van der Waals surface area (Å²) in [5.41, 5.74) is 3.04. The van der Waals surface area contributed by atoms with Crippen LogP contribution < -0.4 is 9.80 Å². The first-order valence-corrected chi connectivity index (χ1v) is 10.6. The first-order valence-electron chi connectivity index (χ1n) is 9.81. The fourth-order valence-electron chi connectivity index (χ4n) is 4.51. The molecule has 2 saturated heterocycles. The number of anilines is 2. The molecule has 4 heterocycles. The van der Waals surface area contributed by atoms with Crippen LogP contribution in [0.1, 0.15) is 18.5 Å². The van der Waals surface area contributed by atoms with Gasteiger partial charge in [0.2, 0.25) is 5.82 Å². The molecule has 2 atom stereocenters. The van der Waals surface area contributed by atoms with Crippen LogP contribution in [0, 0.1) is 12.8 Å². The lowest BCUT2D eigenvalue weighted by Crippen LogP contribution is -2.45. The van der Waals surface area contributed by atoms with Gasteiger partial charge in [-0.1, -0.05) is 28.4 Å². The zero-order valence-corrected chi connectivity index (χ0v) is 17.6. The summed E-state index contributed by atoms with van der Waals surface area (Å²) in [6.07, 6.45) is 4.29. The zero-order chi connectivity index (χ0) is 20.0. The van der Waals surface area contributed by atoms with Crippen LogP contribution in [0.3, 0.4) is 0 Å². The largest absolute Gasteiger partial charge is 0.366 e. The lowest BCUT2D eigenvalue weighted by atomic mass is 9.91. The van der Waals surface area contributed by atoms with Crippen molar-refractivity contribution in [2.45, 2.75) is 25.8 Å². The molecule has 3 aromatic rings. The number of pyridine rings is 1. The Labute approximate surface area is 179 Å². The highest BCUT2D eigenvalue weighted by Crippen LogP contribution is 2.36. The molecule has 2 aromatic heterocycles. The number of benzene rings is 1. The van der Waals surface area contributed by atoms with Crippen molar-refractivity contribution >= 4 is 34.9 Å². The van der Waals surface area contributed by atoms with Gasteiger partial charge in [-0.05, 0) is 56.0 Å². The molecule has 0 N–H and O–H groups in total. The summed E-state index contributed by atoms with van der Waals surface area (Å²) in [6.45, 7) is 4.88. The van der Waals surface area contributed by atoms with Crippen molar-refractivity contribution in [2.75, 3.05) is 29.4 Å². The molecule has 2 fully saturated rings. The van der Waals surface area contributed by atoms with E-state index in [0.29, 0.717) is 33.8 Å². The number of halogens is 2. The normalized spacial score (nSPS) is 21.5. The van der Waals surface area contributed by atoms with Crippen LogP contribution in [0.5, 0.6) is 0 Å². The molecular formula is C21H21Cl2N5O. The smallest absolute Gasteiger partial charge is 0.324 e. The molecule has 5 rings (SSSR count). The minimum atomic E-state index is 0.432. The monoisotopic (exact) mass is 429 g/mol. The van der Waals surface area contributed by atoms with Crippen molar-refractivity contribution in [1.82, 2.24) is 15.1 Å².